The van der Waals surface area contributed by atoms with E-state index in [-0.39, 0.29) is 40.8 Å². The van der Waals surface area contributed by atoms with Crippen LogP contribution in [0.15, 0.2) is 23.1 Å². The van der Waals surface area contributed by atoms with Crippen LogP contribution in [-0.4, -0.2) is 31.9 Å². The third-order valence-electron chi connectivity index (χ3n) is 3.15. The molecule has 8 heteroatoms. The molecule has 0 aliphatic carbocycles. The molecular weight excluding hydrogens is 314 g/mol. The summed E-state index contributed by atoms with van der Waals surface area (Å²) in [6, 6.07) is 3.10. The Balaban J connectivity index is 0.00000180. The van der Waals surface area contributed by atoms with Gasteiger partial charge in [0.25, 0.3) is 0 Å². The quantitative estimate of drug-likeness (QED) is 0.901. The van der Waals surface area contributed by atoms with Crippen LogP contribution in [0.25, 0.3) is 0 Å². The van der Waals surface area contributed by atoms with E-state index in [1.165, 1.54) is 10.4 Å². The van der Waals surface area contributed by atoms with Crippen molar-refractivity contribution in [1.82, 2.24) is 4.31 Å². The number of hydrogen-bond donors (Lipinski definition) is 1. The van der Waals surface area contributed by atoms with Crippen LogP contribution in [0.4, 0.5) is 4.39 Å². The van der Waals surface area contributed by atoms with Gasteiger partial charge in [0.2, 0.25) is 10.0 Å². The third-order valence-corrected chi connectivity index (χ3v) is 5.46. The standard InChI is InChI=1S/C11H14ClFN2O2S.ClH/c1-7-5-15(6-10(7)14)18(16,17)11-4-8(13)2-3-9(11)12;/h2-4,7,10H,5-6,14H2,1H3;1H. The van der Waals surface area contributed by atoms with Crippen molar-refractivity contribution >= 4 is 34.0 Å². The average molecular weight is 329 g/mol. The maximum absolute atomic E-state index is 13.2. The van der Waals surface area contributed by atoms with Crippen molar-refractivity contribution in [3.05, 3.63) is 29.0 Å². The van der Waals surface area contributed by atoms with Gasteiger partial charge in [-0.05, 0) is 24.1 Å². The maximum Gasteiger partial charge on any atom is 0.244 e. The zero-order chi connectivity index (χ0) is 13.5. The van der Waals surface area contributed by atoms with Crippen molar-refractivity contribution < 1.29 is 12.8 Å². The molecule has 1 aliphatic rings. The molecule has 4 nitrogen and oxygen atoms in total. The van der Waals surface area contributed by atoms with Gasteiger partial charge in [-0.3, -0.25) is 0 Å². The fourth-order valence-electron chi connectivity index (χ4n) is 1.96. The predicted molar refractivity (Wildman–Crippen MR) is 74.6 cm³/mol. The van der Waals surface area contributed by atoms with E-state index in [1.807, 2.05) is 6.92 Å². The summed E-state index contributed by atoms with van der Waals surface area (Å²) in [5.41, 5.74) is 5.80. The highest BCUT2D eigenvalue weighted by atomic mass is 35.5. The maximum atomic E-state index is 13.2. The Bertz CT molecular complexity index is 558. The second kappa shape index (κ2) is 5.93. The van der Waals surface area contributed by atoms with E-state index >= 15 is 0 Å². The SMILES string of the molecule is CC1CN(S(=O)(=O)c2cc(F)ccc2Cl)CC1N.Cl. The summed E-state index contributed by atoms with van der Waals surface area (Å²) >= 11 is 5.83. The number of nitrogens with two attached hydrogens (primary N) is 1. The molecule has 0 amide bonds. The molecular formula is C11H15Cl2FN2O2S. The summed E-state index contributed by atoms with van der Waals surface area (Å²) in [6.07, 6.45) is 0. The van der Waals surface area contributed by atoms with Crippen molar-refractivity contribution in [3.8, 4) is 0 Å². The van der Waals surface area contributed by atoms with Crippen molar-refractivity contribution in [1.29, 1.82) is 0 Å². The van der Waals surface area contributed by atoms with Gasteiger partial charge in [0.1, 0.15) is 10.7 Å². The Hall–Kier alpha value is -0.400. The molecule has 19 heavy (non-hydrogen) atoms. The van der Waals surface area contributed by atoms with E-state index in [0.29, 0.717) is 6.54 Å². The van der Waals surface area contributed by atoms with Crippen molar-refractivity contribution in [2.24, 2.45) is 11.7 Å². The van der Waals surface area contributed by atoms with Crippen LogP contribution >= 0.6 is 24.0 Å². The van der Waals surface area contributed by atoms with Crippen molar-refractivity contribution in [2.75, 3.05) is 13.1 Å². The fraction of sp³-hybridized carbons (Fsp3) is 0.455. The molecule has 1 aliphatic heterocycles. The van der Waals surface area contributed by atoms with Gasteiger partial charge in [-0.25, -0.2) is 12.8 Å². The van der Waals surface area contributed by atoms with E-state index in [0.717, 1.165) is 12.1 Å². The van der Waals surface area contributed by atoms with Gasteiger partial charge < -0.3 is 5.73 Å². The lowest BCUT2D eigenvalue weighted by Gasteiger charge is -2.16. The van der Waals surface area contributed by atoms with E-state index in [4.69, 9.17) is 17.3 Å². The Morgan fingerprint density at radius 3 is 2.58 bits per heavy atom. The summed E-state index contributed by atoms with van der Waals surface area (Å²) in [7, 11) is -3.78. The number of nitrogens with zero attached hydrogens (tertiary/aromatic N) is 1. The molecule has 0 aromatic heterocycles. The highest BCUT2D eigenvalue weighted by Gasteiger charge is 2.36. The van der Waals surface area contributed by atoms with Gasteiger partial charge in [0, 0.05) is 19.1 Å². The molecule has 0 saturated carbocycles. The summed E-state index contributed by atoms with van der Waals surface area (Å²) in [4.78, 5) is -0.203. The lowest BCUT2D eigenvalue weighted by molar-refractivity contribution is 0.463. The van der Waals surface area contributed by atoms with E-state index in [1.54, 1.807) is 0 Å². The number of benzene rings is 1. The normalized spacial score (nSPS) is 24.2. The van der Waals surface area contributed by atoms with Gasteiger partial charge in [-0.2, -0.15) is 4.31 Å². The molecule has 1 saturated heterocycles. The number of rotatable bonds is 2. The lowest BCUT2D eigenvalue weighted by atomic mass is 10.1. The third kappa shape index (κ3) is 3.20. The minimum atomic E-state index is -3.78. The first-order valence-electron chi connectivity index (χ1n) is 5.53. The van der Waals surface area contributed by atoms with Gasteiger partial charge in [-0.15, -0.1) is 12.4 Å². The van der Waals surface area contributed by atoms with Gasteiger partial charge in [0.05, 0.1) is 5.02 Å². The number of sulfonamides is 1. The van der Waals surface area contributed by atoms with Crippen LogP contribution in [0, 0.1) is 11.7 Å². The molecule has 2 rings (SSSR count). The fourth-order valence-corrected chi connectivity index (χ4v) is 4.02. The molecule has 1 heterocycles. The first-order chi connectivity index (χ1) is 8.32. The number of hydrogen-bond acceptors (Lipinski definition) is 3. The van der Waals surface area contributed by atoms with Crippen LogP contribution in [0.3, 0.4) is 0 Å². The molecule has 2 unspecified atom stereocenters. The van der Waals surface area contributed by atoms with Crippen molar-refractivity contribution in [2.45, 2.75) is 17.9 Å². The smallest absolute Gasteiger partial charge is 0.244 e. The largest absolute Gasteiger partial charge is 0.326 e. The van der Waals surface area contributed by atoms with Gasteiger partial charge >= 0.3 is 0 Å². The van der Waals surface area contributed by atoms with Crippen LogP contribution in [-0.2, 0) is 10.0 Å². The summed E-state index contributed by atoms with van der Waals surface area (Å²) in [5, 5.41) is 0.0181. The Labute approximate surface area is 123 Å². The Morgan fingerprint density at radius 2 is 2.05 bits per heavy atom. The van der Waals surface area contributed by atoms with Crippen LogP contribution < -0.4 is 5.73 Å². The minimum absolute atomic E-state index is 0. The topological polar surface area (TPSA) is 63.4 Å². The second-order valence-corrected chi connectivity index (χ2v) is 6.85. The molecule has 1 fully saturated rings. The number of halogens is 3. The Kier molecular flexibility index (Phi) is 5.20. The molecule has 0 spiro atoms. The molecule has 1 aromatic carbocycles. The summed E-state index contributed by atoms with van der Waals surface area (Å²) in [5.74, 6) is -0.554. The van der Waals surface area contributed by atoms with Gasteiger partial charge in [0.15, 0.2) is 0 Å². The van der Waals surface area contributed by atoms with Crippen LogP contribution in [0.2, 0.25) is 5.02 Å². The second-order valence-electron chi connectivity index (χ2n) is 4.54. The van der Waals surface area contributed by atoms with Crippen LogP contribution in [0.5, 0.6) is 0 Å². The first kappa shape index (κ1) is 16.7. The highest BCUT2D eigenvalue weighted by Crippen LogP contribution is 2.28. The monoisotopic (exact) mass is 328 g/mol. The van der Waals surface area contributed by atoms with Crippen molar-refractivity contribution in [3.63, 3.8) is 0 Å². The molecule has 2 atom stereocenters. The molecule has 108 valence electrons. The van der Waals surface area contributed by atoms with E-state index in [9.17, 15) is 12.8 Å². The molecule has 2 N–H and O–H groups in total. The first-order valence-corrected chi connectivity index (χ1v) is 7.35. The molecule has 0 bridgehead atoms. The Morgan fingerprint density at radius 1 is 1.42 bits per heavy atom. The zero-order valence-electron chi connectivity index (χ0n) is 10.2. The van der Waals surface area contributed by atoms with Crippen LogP contribution in [0.1, 0.15) is 6.92 Å². The van der Waals surface area contributed by atoms with E-state index < -0.39 is 15.8 Å². The highest BCUT2D eigenvalue weighted by molar-refractivity contribution is 7.89. The lowest BCUT2D eigenvalue weighted by Crippen LogP contribution is -2.32. The molecule has 1 aromatic rings. The summed E-state index contributed by atoms with van der Waals surface area (Å²) < 4.78 is 39.0. The van der Waals surface area contributed by atoms with E-state index in [2.05, 4.69) is 0 Å². The zero-order valence-corrected chi connectivity index (χ0v) is 12.6. The molecule has 0 radical (unpaired) electrons. The predicted octanol–water partition coefficient (Wildman–Crippen LogP) is 1.87. The average Bonchev–Trinajstić information content (AvgIpc) is 2.63. The minimum Gasteiger partial charge on any atom is -0.326 e. The summed E-state index contributed by atoms with van der Waals surface area (Å²) in [6.45, 7) is 2.44. The van der Waals surface area contributed by atoms with Gasteiger partial charge in [-0.1, -0.05) is 18.5 Å².